The highest BCUT2D eigenvalue weighted by Crippen LogP contribution is 2.39. The number of hydrogen-bond donors (Lipinski definition) is 0. The van der Waals surface area contributed by atoms with Crippen LogP contribution in [0.4, 0.5) is 0 Å². The van der Waals surface area contributed by atoms with Crippen molar-refractivity contribution in [2.24, 2.45) is 5.92 Å². The van der Waals surface area contributed by atoms with E-state index in [4.69, 9.17) is 0 Å². The van der Waals surface area contributed by atoms with E-state index in [1.165, 1.54) is 0 Å². The van der Waals surface area contributed by atoms with Crippen LogP contribution in [0.25, 0.3) is 0 Å². The first-order valence-electron chi connectivity index (χ1n) is 7.99. The maximum absolute atomic E-state index is 12.6. The molecule has 5 heteroatoms. The summed E-state index contributed by atoms with van der Waals surface area (Å²) >= 11 is 0. The van der Waals surface area contributed by atoms with Crippen molar-refractivity contribution in [2.45, 2.75) is 56.5 Å². The van der Waals surface area contributed by atoms with Crippen molar-refractivity contribution in [2.75, 3.05) is 5.75 Å². The lowest BCUT2D eigenvalue weighted by atomic mass is 10.2. The van der Waals surface area contributed by atoms with E-state index in [1.54, 1.807) is 24.3 Å². The van der Waals surface area contributed by atoms with Crippen LogP contribution >= 0.6 is 0 Å². The summed E-state index contributed by atoms with van der Waals surface area (Å²) in [5, 5.41) is 0. The summed E-state index contributed by atoms with van der Waals surface area (Å²) in [6.45, 7) is 3.97. The molecule has 0 N–H and O–H groups in total. The van der Waals surface area contributed by atoms with E-state index in [0.717, 1.165) is 31.2 Å². The highest BCUT2D eigenvalue weighted by atomic mass is 32.2. The van der Waals surface area contributed by atoms with E-state index in [9.17, 15) is 13.2 Å². The number of carbonyl (C=O) groups is 1. The largest absolute Gasteiger partial charge is 0.336 e. The van der Waals surface area contributed by atoms with Gasteiger partial charge in [0.15, 0.2) is 9.84 Å². The monoisotopic (exact) mass is 321 g/mol. The topological polar surface area (TPSA) is 54.5 Å². The molecule has 1 atom stereocenters. The minimum absolute atomic E-state index is 0.174. The molecular weight excluding hydrogens is 298 g/mol. The second kappa shape index (κ2) is 5.69. The molecule has 0 bridgehead atoms. The van der Waals surface area contributed by atoms with E-state index in [1.807, 2.05) is 11.8 Å². The molecule has 4 nitrogen and oxygen atoms in total. The predicted octanol–water partition coefficient (Wildman–Crippen LogP) is 2.56. The highest BCUT2D eigenvalue weighted by molar-refractivity contribution is 7.92. The van der Waals surface area contributed by atoms with Gasteiger partial charge in [0.1, 0.15) is 5.75 Å². The van der Waals surface area contributed by atoms with E-state index >= 15 is 0 Å². The first-order valence-corrected chi connectivity index (χ1v) is 9.64. The van der Waals surface area contributed by atoms with Gasteiger partial charge in [-0.05, 0) is 57.6 Å². The van der Waals surface area contributed by atoms with Crippen molar-refractivity contribution in [3.05, 3.63) is 29.8 Å². The fraction of sp³-hybridized carbons (Fsp3) is 0.588. The molecule has 0 aliphatic heterocycles. The van der Waals surface area contributed by atoms with Gasteiger partial charge in [0.2, 0.25) is 5.91 Å². The highest BCUT2D eigenvalue weighted by Gasteiger charge is 2.42. The van der Waals surface area contributed by atoms with Gasteiger partial charge in [-0.3, -0.25) is 4.79 Å². The molecule has 1 aromatic rings. The number of rotatable bonds is 6. The maximum Gasteiger partial charge on any atom is 0.238 e. The van der Waals surface area contributed by atoms with Crippen molar-refractivity contribution >= 4 is 15.7 Å². The zero-order valence-electron chi connectivity index (χ0n) is 13.2. The van der Waals surface area contributed by atoms with Gasteiger partial charge in [-0.2, -0.15) is 0 Å². The number of nitrogens with zero attached hydrogens (tertiary/aromatic N) is 1. The van der Waals surface area contributed by atoms with Crippen LogP contribution in [0.2, 0.25) is 0 Å². The Morgan fingerprint density at radius 1 is 1.18 bits per heavy atom. The lowest BCUT2D eigenvalue weighted by molar-refractivity contribution is -0.131. The Morgan fingerprint density at radius 3 is 2.27 bits per heavy atom. The van der Waals surface area contributed by atoms with Gasteiger partial charge in [0, 0.05) is 12.1 Å². The Kier molecular flexibility index (Phi) is 4.02. The summed E-state index contributed by atoms with van der Waals surface area (Å²) < 4.78 is 24.9. The molecule has 1 amide bonds. The summed E-state index contributed by atoms with van der Waals surface area (Å²) in [4.78, 5) is 14.7. The Balaban J connectivity index is 1.75. The van der Waals surface area contributed by atoms with E-state index in [0.29, 0.717) is 5.92 Å². The molecule has 22 heavy (non-hydrogen) atoms. The van der Waals surface area contributed by atoms with E-state index in [-0.39, 0.29) is 22.9 Å². The Bertz CT molecular complexity index is 658. The first-order chi connectivity index (χ1) is 10.4. The second-order valence-electron chi connectivity index (χ2n) is 6.68. The minimum Gasteiger partial charge on any atom is -0.336 e. The summed E-state index contributed by atoms with van der Waals surface area (Å²) in [5.41, 5.74) is 1.01. The third-order valence-corrected chi connectivity index (χ3v) is 6.28. The Labute approximate surface area is 132 Å². The third-order valence-electron chi connectivity index (χ3n) is 4.66. The van der Waals surface area contributed by atoms with Crippen LogP contribution in [-0.2, 0) is 14.6 Å². The average molecular weight is 321 g/mol. The summed E-state index contributed by atoms with van der Waals surface area (Å²) in [6.07, 6.45) is 4.32. The molecule has 2 aliphatic rings. The molecule has 3 rings (SSSR count). The van der Waals surface area contributed by atoms with Gasteiger partial charge < -0.3 is 4.90 Å². The van der Waals surface area contributed by atoms with Crippen LogP contribution in [0, 0.1) is 12.8 Å². The number of benzene rings is 1. The molecule has 0 spiro atoms. The van der Waals surface area contributed by atoms with Crippen molar-refractivity contribution < 1.29 is 13.2 Å². The minimum atomic E-state index is -3.56. The SMILES string of the molecule is Cc1ccc(S(=O)(=O)CC(=O)N(C2CC2)C(C)C2CC2)cc1. The quantitative estimate of drug-likeness (QED) is 0.809. The van der Waals surface area contributed by atoms with E-state index < -0.39 is 15.6 Å². The molecule has 1 unspecified atom stereocenters. The molecule has 2 fully saturated rings. The molecule has 0 heterocycles. The smallest absolute Gasteiger partial charge is 0.238 e. The third kappa shape index (κ3) is 3.35. The summed E-state index contributed by atoms with van der Waals surface area (Å²) in [5.74, 6) is -0.0852. The Morgan fingerprint density at radius 2 is 1.77 bits per heavy atom. The number of amides is 1. The van der Waals surface area contributed by atoms with Crippen molar-refractivity contribution in [3.8, 4) is 0 Å². The lowest BCUT2D eigenvalue weighted by Gasteiger charge is -2.29. The number of aryl methyl sites for hydroxylation is 1. The number of hydrogen-bond acceptors (Lipinski definition) is 3. The first kappa shape index (κ1) is 15.5. The van der Waals surface area contributed by atoms with Crippen LogP contribution < -0.4 is 0 Å². The van der Waals surface area contributed by atoms with Crippen LogP contribution in [0.15, 0.2) is 29.2 Å². The van der Waals surface area contributed by atoms with Crippen LogP contribution in [-0.4, -0.2) is 37.1 Å². The zero-order chi connectivity index (χ0) is 15.9. The molecule has 0 radical (unpaired) electrons. The van der Waals surface area contributed by atoms with Gasteiger partial charge in [-0.15, -0.1) is 0 Å². The van der Waals surface area contributed by atoms with Crippen LogP contribution in [0.1, 0.15) is 38.2 Å². The number of carbonyl (C=O) groups excluding carboxylic acids is 1. The standard InChI is InChI=1S/C17H23NO3S/c1-12-3-9-16(10-4-12)22(20,21)11-17(19)18(15-7-8-15)13(2)14-5-6-14/h3-4,9-10,13-15H,5-8,11H2,1-2H3. The van der Waals surface area contributed by atoms with Gasteiger partial charge in [-0.1, -0.05) is 17.7 Å². The summed E-state index contributed by atoms with van der Waals surface area (Å²) in [7, 11) is -3.56. The van der Waals surface area contributed by atoms with Crippen LogP contribution in [0.3, 0.4) is 0 Å². The van der Waals surface area contributed by atoms with Gasteiger partial charge in [-0.25, -0.2) is 8.42 Å². The van der Waals surface area contributed by atoms with Crippen LogP contribution in [0.5, 0.6) is 0 Å². The van der Waals surface area contributed by atoms with Crippen molar-refractivity contribution in [3.63, 3.8) is 0 Å². The summed E-state index contributed by atoms with van der Waals surface area (Å²) in [6, 6.07) is 7.14. The molecule has 0 aromatic heterocycles. The fourth-order valence-corrected chi connectivity index (χ4v) is 4.18. The van der Waals surface area contributed by atoms with Gasteiger partial charge in [0.25, 0.3) is 0 Å². The molecule has 2 saturated carbocycles. The molecule has 120 valence electrons. The molecule has 1 aromatic carbocycles. The second-order valence-corrected chi connectivity index (χ2v) is 8.67. The maximum atomic E-state index is 12.6. The molecule has 0 saturated heterocycles. The van der Waals surface area contributed by atoms with Gasteiger partial charge in [0.05, 0.1) is 4.90 Å². The van der Waals surface area contributed by atoms with E-state index in [2.05, 4.69) is 6.92 Å². The van der Waals surface area contributed by atoms with Gasteiger partial charge >= 0.3 is 0 Å². The molecule has 2 aliphatic carbocycles. The zero-order valence-corrected chi connectivity index (χ0v) is 14.0. The van der Waals surface area contributed by atoms with Crippen molar-refractivity contribution in [1.82, 2.24) is 4.90 Å². The lowest BCUT2D eigenvalue weighted by Crippen LogP contribution is -2.44. The predicted molar refractivity (Wildman–Crippen MR) is 85.3 cm³/mol. The normalized spacial score (nSPS) is 19.7. The number of sulfone groups is 1. The fourth-order valence-electron chi connectivity index (χ4n) is 2.99. The Hall–Kier alpha value is -1.36. The van der Waals surface area contributed by atoms with Crippen molar-refractivity contribution in [1.29, 1.82) is 0 Å². The average Bonchev–Trinajstić information content (AvgIpc) is 3.32. The molecular formula is C17H23NO3S.